The molecule has 148 valence electrons. The van der Waals surface area contributed by atoms with Gasteiger partial charge in [0.05, 0.1) is 12.2 Å². The fourth-order valence-electron chi connectivity index (χ4n) is 3.02. The molecule has 1 amide bonds. The van der Waals surface area contributed by atoms with Gasteiger partial charge in [0.15, 0.2) is 6.29 Å². The van der Waals surface area contributed by atoms with Crippen molar-refractivity contribution in [2.24, 2.45) is 4.99 Å². The molecule has 1 saturated heterocycles. The second-order valence-corrected chi connectivity index (χ2v) is 8.46. The van der Waals surface area contributed by atoms with Crippen LogP contribution in [0.15, 0.2) is 51.9 Å². The number of nitrogens with one attached hydrogen (secondary N) is 1. The molecule has 1 unspecified atom stereocenters. The zero-order valence-corrected chi connectivity index (χ0v) is 18.0. The number of carbonyl (C=O) groups is 1. The first-order valence-electron chi connectivity index (χ1n) is 8.42. The molecular weight excluding hydrogens is 469 g/mol. The Morgan fingerprint density at radius 2 is 1.79 bits per heavy atom. The van der Waals surface area contributed by atoms with Crippen molar-refractivity contribution in [3.05, 3.63) is 62.5 Å². The monoisotopic (exact) mass is 485 g/mol. The zero-order valence-electron chi connectivity index (χ0n) is 14.9. The highest BCUT2D eigenvalue weighted by Crippen LogP contribution is 2.31. The summed E-state index contributed by atoms with van der Waals surface area (Å²) in [5.74, 6) is -0.0454. The third-order valence-corrected chi connectivity index (χ3v) is 5.22. The molecule has 0 bridgehead atoms. The first-order chi connectivity index (χ1) is 13.2. The molecule has 1 heterocycles. The van der Waals surface area contributed by atoms with Gasteiger partial charge in [0.2, 0.25) is 5.96 Å². The Balaban J connectivity index is 1.99. The van der Waals surface area contributed by atoms with Crippen molar-refractivity contribution in [1.82, 2.24) is 5.32 Å². The molecule has 3 N–H and O–H groups in total. The summed E-state index contributed by atoms with van der Waals surface area (Å²) in [6.07, 6.45) is -1.22. The number of aliphatic hydroxyl groups excluding tert-OH is 1. The lowest BCUT2D eigenvalue weighted by Gasteiger charge is -2.22. The van der Waals surface area contributed by atoms with E-state index < -0.39 is 11.8 Å². The van der Waals surface area contributed by atoms with Crippen molar-refractivity contribution in [3.63, 3.8) is 0 Å². The van der Waals surface area contributed by atoms with E-state index in [-0.39, 0.29) is 18.4 Å². The fraction of sp³-hybridized carbons (Fsp3) is 0.263. The Bertz CT molecular complexity index is 901. The smallest absolute Gasteiger partial charge is 0.259 e. The van der Waals surface area contributed by atoms with Gasteiger partial charge in [-0.05, 0) is 42.8 Å². The number of anilines is 1. The van der Waals surface area contributed by atoms with Crippen LogP contribution < -0.4 is 10.2 Å². The number of hydrogen-bond donors (Lipinski definition) is 3. The number of rotatable bonds is 5. The molecule has 6 nitrogen and oxygen atoms in total. The Kier molecular flexibility index (Phi) is 6.31. The van der Waals surface area contributed by atoms with Crippen molar-refractivity contribution in [3.8, 4) is 0 Å². The van der Waals surface area contributed by atoms with Crippen molar-refractivity contribution in [2.75, 3.05) is 11.4 Å². The second kappa shape index (κ2) is 8.39. The average molecular weight is 487 g/mol. The molecule has 1 fully saturated rings. The SMILES string of the molecule is CC1(Cc2ccc(Br)cc2)NC(=NCC(O)O)N(c2cc(Cl)cc(Cl)c2)C1=O. The van der Waals surface area contributed by atoms with E-state index >= 15 is 0 Å². The van der Waals surface area contributed by atoms with Gasteiger partial charge in [-0.2, -0.15) is 0 Å². The van der Waals surface area contributed by atoms with E-state index in [1.165, 1.54) is 4.90 Å². The van der Waals surface area contributed by atoms with Crippen LogP contribution in [0.5, 0.6) is 0 Å². The van der Waals surface area contributed by atoms with Crippen LogP contribution in [0, 0.1) is 0 Å². The third-order valence-electron chi connectivity index (χ3n) is 4.26. The molecule has 0 radical (unpaired) electrons. The number of benzene rings is 2. The predicted octanol–water partition coefficient (Wildman–Crippen LogP) is 3.36. The highest BCUT2D eigenvalue weighted by atomic mass is 79.9. The molecule has 3 rings (SSSR count). The summed E-state index contributed by atoms with van der Waals surface area (Å²) < 4.78 is 0.946. The van der Waals surface area contributed by atoms with Gasteiger partial charge in [-0.25, -0.2) is 9.89 Å². The van der Waals surface area contributed by atoms with E-state index in [1.54, 1.807) is 25.1 Å². The summed E-state index contributed by atoms with van der Waals surface area (Å²) in [6.45, 7) is 1.49. The van der Waals surface area contributed by atoms with Crippen molar-refractivity contribution in [1.29, 1.82) is 0 Å². The van der Waals surface area contributed by atoms with Gasteiger partial charge >= 0.3 is 0 Å². The standard InChI is InChI=1S/C19H18BrCl2N3O3/c1-19(9-11-2-4-12(20)5-3-11)17(28)25(18(24-19)23-10-16(26)27)15-7-13(21)6-14(22)8-15/h2-8,16,26-27H,9-10H2,1H3,(H,23,24). The Hall–Kier alpha value is -1.64. The van der Waals surface area contributed by atoms with Crippen molar-refractivity contribution >= 4 is 56.7 Å². The minimum Gasteiger partial charge on any atom is -0.367 e. The van der Waals surface area contributed by atoms with Crippen LogP contribution >= 0.6 is 39.1 Å². The maximum Gasteiger partial charge on any atom is 0.259 e. The molecule has 2 aromatic rings. The summed E-state index contributed by atoms with van der Waals surface area (Å²) in [5.41, 5.74) is 0.418. The van der Waals surface area contributed by atoms with Crippen LogP contribution in [0.4, 0.5) is 5.69 Å². The van der Waals surface area contributed by atoms with E-state index in [4.69, 9.17) is 23.2 Å². The van der Waals surface area contributed by atoms with Crippen LogP contribution in [-0.2, 0) is 11.2 Å². The number of aliphatic imine (C=N–C) groups is 1. The van der Waals surface area contributed by atoms with Gasteiger partial charge in [-0.15, -0.1) is 0 Å². The maximum absolute atomic E-state index is 13.3. The zero-order chi connectivity index (χ0) is 20.5. The summed E-state index contributed by atoms with van der Waals surface area (Å²) >= 11 is 15.6. The lowest BCUT2D eigenvalue weighted by atomic mass is 9.93. The van der Waals surface area contributed by atoms with E-state index in [2.05, 4.69) is 26.2 Å². The van der Waals surface area contributed by atoms with Crippen LogP contribution in [0.3, 0.4) is 0 Å². The number of guanidine groups is 1. The van der Waals surface area contributed by atoms with E-state index in [9.17, 15) is 15.0 Å². The lowest BCUT2D eigenvalue weighted by molar-refractivity contribution is -0.121. The highest BCUT2D eigenvalue weighted by Gasteiger charge is 2.47. The molecule has 1 atom stereocenters. The van der Waals surface area contributed by atoms with E-state index in [0.717, 1.165) is 10.0 Å². The number of halogens is 3. The molecule has 0 aromatic heterocycles. The molecular formula is C19H18BrCl2N3O3. The van der Waals surface area contributed by atoms with Crippen LogP contribution in [0.2, 0.25) is 10.0 Å². The number of hydrogen-bond acceptors (Lipinski definition) is 4. The molecule has 1 aliphatic heterocycles. The second-order valence-electron chi connectivity index (χ2n) is 6.67. The number of carbonyl (C=O) groups excluding carboxylic acids is 1. The predicted molar refractivity (Wildman–Crippen MR) is 114 cm³/mol. The van der Waals surface area contributed by atoms with Crippen LogP contribution in [0.25, 0.3) is 0 Å². The van der Waals surface area contributed by atoms with Gasteiger partial charge in [-0.1, -0.05) is 51.3 Å². The first-order valence-corrected chi connectivity index (χ1v) is 9.97. The summed E-state index contributed by atoms with van der Waals surface area (Å²) in [7, 11) is 0. The highest BCUT2D eigenvalue weighted by molar-refractivity contribution is 9.10. The minimum atomic E-state index is -1.63. The van der Waals surface area contributed by atoms with Crippen LogP contribution in [-0.4, -0.2) is 40.5 Å². The summed E-state index contributed by atoms with van der Waals surface area (Å²) in [6, 6.07) is 12.4. The van der Waals surface area contributed by atoms with Crippen LogP contribution in [0.1, 0.15) is 12.5 Å². The minimum absolute atomic E-state index is 0.205. The van der Waals surface area contributed by atoms with Gasteiger partial charge < -0.3 is 15.5 Å². The largest absolute Gasteiger partial charge is 0.367 e. The van der Waals surface area contributed by atoms with Crippen molar-refractivity contribution in [2.45, 2.75) is 25.2 Å². The lowest BCUT2D eigenvalue weighted by Crippen LogP contribution is -2.46. The van der Waals surface area contributed by atoms with Gasteiger partial charge in [-0.3, -0.25) is 4.79 Å². The third kappa shape index (κ3) is 4.67. The molecule has 0 saturated carbocycles. The molecule has 28 heavy (non-hydrogen) atoms. The van der Waals surface area contributed by atoms with E-state index in [0.29, 0.717) is 22.2 Å². The molecule has 0 aliphatic carbocycles. The Labute approximate surface area is 180 Å². The first kappa shape index (κ1) is 21.1. The van der Waals surface area contributed by atoms with Crippen molar-refractivity contribution < 1.29 is 15.0 Å². The summed E-state index contributed by atoms with van der Waals surface area (Å²) in [5, 5.41) is 22.2. The normalized spacial score (nSPS) is 20.9. The number of aliphatic hydroxyl groups is 2. The fourth-order valence-corrected chi connectivity index (χ4v) is 3.79. The molecule has 1 aliphatic rings. The molecule has 2 aromatic carbocycles. The quantitative estimate of drug-likeness (QED) is 0.565. The topological polar surface area (TPSA) is 85.2 Å². The Morgan fingerprint density at radius 1 is 1.18 bits per heavy atom. The van der Waals surface area contributed by atoms with E-state index in [1.807, 2.05) is 24.3 Å². The van der Waals surface area contributed by atoms with Gasteiger partial charge in [0, 0.05) is 20.9 Å². The number of nitrogens with zero attached hydrogens (tertiary/aromatic N) is 2. The summed E-state index contributed by atoms with van der Waals surface area (Å²) in [4.78, 5) is 18.9. The number of amides is 1. The van der Waals surface area contributed by atoms with Gasteiger partial charge in [0.1, 0.15) is 5.54 Å². The Morgan fingerprint density at radius 3 is 2.36 bits per heavy atom. The maximum atomic E-state index is 13.3. The average Bonchev–Trinajstić information content (AvgIpc) is 2.85. The molecule has 0 spiro atoms. The van der Waals surface area contributed by atoms with Gasteiger partial charge in [0.25, 0.3) is 5.91 Å². The molecule has 9 heteroatoms.